The predicted molar refractivity (Wildman–Crippen MR) is 154 cm³/mol. The molecule has 1 fully saturated rings. The number of nitrogens with zero attached hydrogens (tertiary/aromatic N) is 1. The number of imide groups is 2. The minimum absolute atomic E-state index is 0.0544. The molecule has 38 heavy (non-hydrogen) atoms. The minimum Gasteiger partial charge on any atom is -0.493 e. The van der Waals surface area contributed by atoms with Crippen LogP contribution in [0.25, 0.3) is 6.08 Å². The van der Waals surface area contributed by atoms with Crippen molar-refractivity contribution in [2.24, 2.45) is 0 Å². The van der Waals surface area contributed by atoms with Gasteiger partial charge in [0.2, 0.25) is 0 Å². The van der Waals surface area contributed by atoms with Gasteiger partial charge in [0.15, 0.2) is 11.5 Å². The van der Waals surface area contributed by atoms with Crippen molar-refractivity contribution in [3.8, 4) is 29.6 Å². The number of nitrogens with one attached hydrogen (secondary N) is 1. The summed E-state index contributed by atoms with van der Waals surface area (Å²) in [5.74, 6) is 2.23. The van der Waals surface area contributed by atoms with Crippen molar-refractivity contribution in [2.45, 2.75) is 6.61 Å². The van der Waals surface area contributed by atoms with Crippen LogP contribution in [0.3, 0.4) is 0 Å². The molecule has 4 rings (SSSR count). The van der Waals surface area contributed by atoms with E-state index in [4.69, 9.17) is 20.6 Å². The number of hydrogen-bond acceptors (Lipinski definition) is 6. The second-order valence-corrected chi connectivity index (χ2v) is 9.97. The van der Waals surface area contributed by atoms with Gasteiger partial charge in [-0.05, 0) is 88.3 Å². The zero-order valence-electron chi connectivity index (χ0n) is 20.0. The van der Waals surface area contributed by atoms with Crippen molar-refractivity contribution in [3.05, 3.63) is 85.4 Å². The SMILES string of the molecule is C#CCOc1c(I)cc(/C=C2\C(=O)NC(=O)N(c3ccc(OCc4ccc(Br)cc4)cc3)C2=O)cc1OC. The van der Waals surface area contributed by atoms with Crippen molar-refractivity contribution in [2.75, 3.05) is 18.6 Å². The Labute approximate surface area is 241 Å². The van der Waals surface area contributed by atoms with Crippen LogP contribution in [-0.2, 0) is 16.2 Å². The first kappa shape index (κ1) is 27.2. The summed E-state index contributed by atoms with van der Waals surface area (Å²) in [6, 6.07) is 16.7. The van der Waals surface area contributed by atoms with Crippen LogP contribution in [0.5, 0.6) is 17.2 Å². The number of methoxy groups -OCH3 is 1. The van der Waals surface area contributed by atoms with Crippen LogP contribution in [0.1, 0.15) is 11.1 Å². The molecule has 3 aromatic rings. The number of anilines is 1. The molecule has 0 saturated carbocycles. The highest BCUT2D eigenvalue weighted by Crippen LogP contribution is 2.35. The van der Waals surface area contributed by atoms with Gasteiger partial charge in [0.1, 0.15) is 24.5 Å². The molecule has 1 heterocycles. The zero-order chi connectivity index (χ0) is 27.2. The Morgan fingerprint density at radius 3 is 2.42 bits per heavy atom. The molecule has 1 aliphatic heterocycles. The monoisotopic (exact) mass is 686 g/mol. The molecule has 0 unspecified atom stereocenters. The zero-order valence-corrected chi connectivity index (χ0v) is 23.7. The summed E-state index contributed by atoms with van der Waals surface area (Å²) in [5, 5.41) is 2.22. The first-order valence-electron chi connectivity index (χ1n) is 11.1. The van der Waals surface area contributed by atoms with Gasteiger partial charge in [-0.25, -0.2) is 9.69 Å². The van der Waals surface area contributed by atoms with Crippen LogP contribution in [0, 0.1) is 15.9 Å². The fourth-order valence-electron chi connectivity index (χ4n) is 3.57. The fourth-order valence-corrected chi connectivity index (χ4v) is 4.62. The Hall–Kier alpha value is -3.82. The summed E-state index contributed by atoms with van der Waals surface area (Å²) >= 11 is 5.44. The van der Waals surface area contributed by atoms with Crippen molar-refractivity contribution in [1.82, 2.24) is 5.32 Å². The van der Waals surface area contributed by atoms with Gasteiger partial charge in [-0.15, -0.1) is 6.42 Å². The average molecular weight is 687 g/mol. The van der Waals surface area contributed by atoms with E-state index in [2.05, 4.69) is 27.2 Å². The summed E-state index contributed by atoms with van der Waals surface area (Å²) < 4.78 is 18.4. The molecule has 0 atom stereocenters. The lowest BCUT2D eigenvalue weighted by atomic mass is 10.1. The number of amides is 4. The molecule has 1 N–H and O–H groups in total. The molecule has 192 valence electrons. The van der Waals surface area contributed by atoms with Gasteiger partial charge in [0, 0.05) is 4.47 Å². The predicted octanol–water partition coefficient (Wildman–Crippen LogP) is 5.32. The first-order valence-corrected chi connectivity index (χ1v) is 13.0. The Kier molecular flexibility index (Phi) is 8.70. The summed E-state index contributed by atoms with van der Waals surface area (Å²) in [5.41, 5.74) is 1.56. The van der Waals surface area contributed by atoms with E-state index in [9.17, 15) is 14.4 Å². The Morgan fingerprint density at radius 1 is 1.05 bits per heavy atom. The lowest BCUT2D eigenvalue weighted by Crippen LogP contribution is -2.54. The fraction of sp³-hybridized carbons (Fsp3) is 0.107. The number of barbiturate groups is 1. The quantitative estimate of drug-likeness (QED) is 0.149. The van der Waals surface area contributed by atoms with Crippen LogP contribution in [0.2, 0.25) is 0 Å². The lowest BCUT2D eigenvalue weighted by Gasteiger charge is -2.26. The summed E-state index contributed by atoms with van der Waals surface area (Å²) in [7, 11) is 1.47. The molecule has 0 radical (unpaired) electrons. The molecule has 0 aromatic heterocycles. The van der Waals surface area contributed by atoms with Gasteiger partial charge in [-0.2, -0.15) is 0 Å². The van der Waals surface area contributed by atoms with Crippen LogP contribution in [0.15, 0.2) is 70.7 Å². The molecule has 0 spiro atoms. The number of benzene rings is 3. The van der Waals surface area contributed by atoms with E-state index in [1.807, 2.05) is 46.9 Å². The second-order valence-electron chi connectivity index (χ2n) is 7.89. The molecule has 4 amide bonds. The number of carbonyl (C=O) groups is 3. The van der Waals surface area contributed by atoms with Crippen LogP contribution >= 0.6 is 38.5 Å². The van der Waals surface area contributed by atoms with Crippen LogP contribution < -0.4 is 24.4 Å². The standard InChI is InChI=1S/C28H20BrIN2O6/c1-3-12-37-25-23(30)14-18(15-24(25)36-2)13-22-26(33)31-28(35)32(27(22)34)20-8-10-21(11-9-20)38-16-17-4-6-19(29)7-5-17/h1,4-11,13-15H,12,16H2,2H3,(H,31,33,35)/b22-13+. The number of hydrogen-bond donors (Lipinski definition) is 1. The van der Waals surface area contributed by atoms with Crippen LogP contribution in [0.4, 0.5) is 10.5 Å². The third-order valence-electron chi connectivity index (χ3n) is 5.38. The molecule has 0 bridgehead atoms. The Bertz CT molecular complexity index is 1460. The van der Waals surface area contributed by atoms with Gasteiger partial charge in [-0.1, -0.05) is 34.0 Å². The van der Waals surface area contributed by atoms with Crippen molar-refractivity contribution in [3.63, 3.8) is 0 Å². The molecule has 1 aliphatic rings. The topological polar surface area (TPSA) is 94.2 Å². The number of carbonyl (C=O) groups excluding carboxylic acids is 3. The smallest absolute Gasteiger partial charge is 0.335 e. The molecule has 3 aromatic carbocycles. The third-order valence-corrected chi connectivity index (χ3v) is 6.71. The van der Waals surface area contributed by atoms with E-state index in [0.29, 0.717) is 33.0 Å². The Morgan fingerprint density at radius 2 is 1.76 bits per heavy atom. The molecular weight excluding hydrogens is 667 g/mol. The number of halogens is 2. The maximum Gasteiger partial charge on any atom is 0.335 e. The van der Waals surface area contributed by atoms with E-state index in [-0.39, 0.29) is 17.9 Å². The number of terminal acetylenes is 1. The van der Waals surface area contributed by atoms with Gasteiger partial charge in [0.25, 0.3) is 11.8 Å². The molecule has 0 aliphatic carbocycles. The summed E-state index contributed by atoms with van der Waals surface area (Å²) in [6.45, 7) is 0.408. The highest BCUT2D eigenvalue weighted by Gasteiger charge is 2.37. The largest absolute Gasteiger partial charge is 0.493 e. The maximum absolute atomic E-state index is 13.3. The van der Waals surface area contributed by atoms with Crippen molar-refractivity contribution >= 4 is 68.1 Å². The second kappa shape index (κ2) is 12.1. The van der Waals surface area contributed by atoms with Crippen molar-refractivity contribution in [1.29, 1.82) is 0 Å². The highest BCUT2D eigenvalue weighted by molar-refractivity contribution is 14.1. The number of urea groups is 1. The molecule has 8 nitrogen and oxygen atoms in total. The average Bonchev–Trinajstić information content (AvgIpc) is 2.90. The summed E-state index contributed by atoms with van der Waals surface area (Å²) in [6.07, 6.45) is 6.67. The van der Waals surface area contributed by atoms with Crippen molar-refractivity contribution < 1.29 is 28.6 Å². The number of rotatable bonds is 8. The Balaban J connectivity index is 1.55. The highest BCUT2D eigenvalue weighted by atomic mass is 127. The number of ether oxygens (including phenoxy) is 3. The maximum atomic E-state index is 13.3. The molecule has 10 heteroatoms. The summed E-state index contributed by atoms with van der Waals surface area (Å²) in [4.78, 5) is 39.4. The van der Waals surface area contributed by atoms with Crippen LogP contribution in [-0.4, -0.2) is 31.6 Å². The van der Waals surface area contributed by atoms with E-state index >= 15 is 0 Å². The molecular formula is C28H20BrIN2O6. The molecule has 1 saturated heterocycles. The van der Waals surface area contributed by atoms with Gasteiger partial charge in [0.05, 0.1) is 16.4 Å². The first-order chi connectivity index (χ1) is 18.3. The van der Waals surface area contributed by atoms with E-state index in [1.54, 1.807) is 36.4 Å². The third kappa shape index (κ3) is 6.17. The van der Waals surface area contributed by atoms with Gasteiger partial charge in [-0.3, -0.25) is 14.9 Å². The normalized spacial score (nSPS) is 14.2. The minimum atomic E-state index is -0.842. The van der Waals surface area contributed by atoms with E-state index in [1.165, 1.54) is 13.2 Å². The van der Waals surface area contributed by atoms with E-state index in [0.717, 1.165) is 14.9 Å². The van der Waals surface area contributed by atoms with E-state index < -0.39 is 17.8 Å². The van der Waals surface area contributed by atoms with Gasteiger partial charge < -0.3 is 14.2 Å². The lowest BCUT2D eigenvalue weighted by molar-refractivity contribution is -0.122. The van der Waals surface area contributed by atoms with Gasteiger partial charge >= 0.3 is 6.03 Å².